The van der Waals surface area contributed by atoms with Crippen LogP contribution in [-0.4, -0.2) is 44.3 Å². The largest absolute Gasteiger partial charge is 0.340 e. The quantitative estimate of drug-likeness (QED) is 0.822. The minimum atomic E-state index is -3.16. The molecule has 0 aliphatic carbocycles. The first-order valence-electron chi connectivity index (χ1n) is 6.22. The van der Waals surface area contributed by atoms with Crippen molar-refractivity contribution < 1.29 is 17.6 Å². The number of sulfone groups is 1. The standard InChI is InChI=1S/C13H18ClFN2O3S.ClH/c1-17(8-9-3-4-10(15)7-11(9)14)13(18)12(16)5-6-21(2,19)20;/h3-4,7,12H,5-6,8,16H2,1-2H3;1H. The van der Waals surface area contributed by atoms with Gasteiger partial charge in [-0.1, -0.05) is 17.7 Å². The molecule has 1 amide bonds. The number of carbonyl (C=O) groups excluding carboxylic acids is 1. The SMILES string of the molecule is CN(Cc1ccc(F)cc1Cl)C(=O)C(N)CCS(C)(=O)=O.Cl. The zero-order chi connectivity index (χ0) is 16.2. The minimum Gasteiger partial charge on any atom is -0.340 e. The molecule has 0 spiro atoms. The molecule has 0 aromatic heterocycles. The van der Waals surface area contributed by atoms with Gasteiger partial charge in [-0.15, -0.1) is 12.4 Å². The fourth-order valence-electron chi connectivity index (χ4n) is 1.73. The first-order valence-corrected chi connectivity index (χ1v) is 8.66. The highest BCUT2D eigenvalue weighted by Crippen LogP contribution is 2.18. The summed E-state index contributed by atoms with van der Waals surface area (Å²) in [6.07, 6.45) is 1.14. The van der Waals surface area contributed by atoms with E-state index < -0.39 is 21.7 Å². The topological polar surface area (TPSA) is 80.5 Å². The lowest BCUT2D eigenvalue weighted by Crippen LogP contribution is -2.42. The molecule has 1 aromatic rings. The molecule has 0 fully saturated rings. The summed E-state index contributed by atoms with van der Waals surface area (Å²) in [4.78, 5) is 13.4. The van der Waals surface area contributed by atoms with Gasteiger partial charge in [-0.25, -0.2) is 12.8 Å². The van der Waals surface area contributed by atoms with Crippen LogP contribution in [-0.2, 0) is 21.2 Å². The van der Waals surface area contributed by atoms with Crippen LogP contribution in [0.4, 0.5) is 4.39 Å². The molecule has 1 rings (SSSR count). The van der Waals surface area contributed by atoms with E-state index in [1.807, 2.05) is 0 Å². The van der Waals surface area contributed by atoms with E-state index in [1.165, 1.54) is 30.1 Å². The number of nitrogens with zero attached hydrogens (tertiary/aromatic N) is 1. The molecule has 9 heteroatoms. The molecule has 0 aliphatic rings. The molecular formula is C13H19Cl2FN2O3S. The summed E-state index contributed by atoms with van der Waals surface area (Å²) in [6.45, 7) is 0.171. The molecule has 1 aromatic carbocycles. The van der Waals surface area contributed by atoms with Crippen LogP contribution in [0, 0.1) is 5.82 Å². The summed E-state index contributed by atoms with van der Waals surface area (Å²) in [5, 5.41) is 0.222. The Morgan fingerprint density at radius 2 is 2.05 bits per heavy atom. The van der Waals surface area contributed by atoms with Crippen LogP contribution in [0.5, 0.6) is 0 Å². The maximum Gasteiger partial charge on any atom is 0.239 e. The van der Waals surface area contributed by atoms with Crippen molar-refractivity contribution in [1.29, 1.82) is 0 Å². The van der Waals surface area contributed by atoms with Crippen molar-refractivity contribution >= 4 is 39.8 Å². The Bertz CT molecular complexity index is 626. The lowest BCUT2D eigenvalue weighted by atomic mass is 10.1. The number of benzene rings is 1. The molecule has 0 bridgehead atoms. The highest BCUT2D eigenvalue weighted by Gasteiger charge is 2.20. The third kappa shape index (κ3) is 6.91. The fraction of sp³-hybridized carbons (Fsp3) is 0.462. The number of carbonyl (C=O) groups is 1. The monoisotopic (exact) mass is 372 g/mol. The van der Waals surface area contributed by atoms with Gasteiger partial charge in [-0.3, -0.25) is 4.79 Å². The molecule has 0 saturated heterocycles. The summed E-state index contributed by atoms with van der Waals surface area (Å²) in [6, 6.07) is 3.01. The van der Waals surface area contributed by atoms with Crippen molar-refractivity contribution in [3.8, 4) is 0 Å². The predicted molar refractivity (Wildman–Crippen MR) is 87.4 cm³/mol. The molecular weight excluding hydrogens is 354 g/mol. The maximum absolute atomic E-state index is 12.9. The Morgan fingerprint density at radius 1 is 1.45 bits per heavy atom. The number of hydrogen-bond acceptors (Lipinski definition) is 4. The number of amides is 1. The van der Waals surface area contributed by atoms with Gasteiger partial charge in [0.25, 0.3) is 0 Å². The van der Waals surface area contributed by atoms with Crippen molar-refractivity contribution in [2.75, 3.05) is 19.1 Å². The summed E-state index contributed by atoms with van der Waals surface area (Å²) in [7, 11) is -1.63. The summed E-state index contributed by atoms with van der Waals surface area (Å²) in [5.74, 6) is -0.993. The molecule has 0 saturated carbocycles. The van der Waals surface area contributed by atoms with Gasteiger partial charge in [0, 0.05) is 24.9 Å². The fourth-order valence-corrected chi connectivity index (χ4v) is 2.64. The normalized spacial score (nSPS) is 12.4. The van der Waals surface area contributed by atoms with Crippen LogP contribution in [0.2, 0.25) is 5.02 Å². The Balaban J connectivity index is 0.00000441. The van der Waals surface area contributed by atoms with Crippen molar-refractivity contribution in [3.63, 3.8) is 0 Å². The summed E-state index contributed by atoms with van der Waals surface area (Å²) in [5.41, 5.74) is 6.28. The minimum absolute atomic E-state index is 0. The van der Waals surface area contributed by atoms with Crippen molar-refractivity contribution in [3.05, 3.63) is 34.6 Å². The van der Waals surface area contributed by atoms with E-state index in [-0.39, 0.29) is 42.1 Å². The zero-order valence-corrected chi connectivity index (χ0v) is 14.6. The number of halogens is 3. The van der Waals surface area contributed by atoms with Gasteiger partial charge in [0.2, 0.25) is 5.91 Å². The van der Waals surface area contributed by atoms with Gasteiger partial charge in [0.15, 0.2) is 0 Å². The molecule has 126 valence electrons. The second-order valence-electron chi connectivity index (χ2n) is 4.96. The Labute approximate surface area is 140 Å². The van der Waals surface area contributed by atoms with Gasteiger partial charge in [-0.05, 0) is 24.1 Å². The number of hydrogen-bond donors (Lipinski definition) is 1. The van der Waals surface area contributed by atoms with Gasteiger partial charge >= 0.3 is 0 Å². The second kappa shape index (κ2) is 8.67. The highest BCUT2D eigenvalue weighted by molar-refractivity contribution is 7.90. The third-order valence-electron chi connectivity index (χ3n) is 2.92. The Hall–Kier alpha value is -0.890. The number of nitrogens with two attached hydrogens (primary N) is 1. The van der Waals surface area contributed by atoms with E-state index in [9.17, 15) is 17.6 Å². The maximum atomic E-state index is 12.9. The van der Waals surface area contributed by atoms with Crippen molar-refractivity contribution in [1.82, 2.24) is 4.90 Å². The van der Waals surface area contributed by atoms with E-state index in [1.54, 1.807) is 0 Å². The Morgan fingerprint density at radius 3 is 2.55 bits per heavy atom. The molecule has 0 aliphatic heterocycles. The van der Waals surface area contributed by atoms with Crippen LogP contribution in [0.25, 0.3) is 0 Å². The molecule has 0 radical (unpaired) electrons. The van der Waals surface area contributed by atoms with E-state index in [4.69, 9.17) is 17.3 Å². The molecule has 0 heterocycles. The predicted octanol–water partition coefficient (Wildman–Crippen LogP) is 1.62. The van der Waals surface area contributed by atoms with Crippen LogP contribution in [0.15, 0.2) is 18.2 Å². The lowest BCUT2D eigenvalue weighted by molar-refractivity contribution is -0.131. The average molecular weight is 373 g/mol. The summed E-state index contributed by atoms with van der Waals surface area (Å²) < 4.78 is 35.1. The van der Waals surface area contributed by atoms with Crippen LogP contribution in [0.1, 0.15) is 12.0 Å². The first-order chi connectivity index (χ1) is 9.60. The van der Waals surface area contributed by atoms with E-state index in [0.29, 0.717) is 5.56 Å². The third-order valence-corrected chi connectivity index (χ3v) is 4.24. The van der Waals surface area contributed by atoms with E-state index in [2.05, 4.69) is 0 Å². The second-order valence-corrected chi connectivity index (χ2v) is 7.62. The summed E-state index contributed by atoms with van der Waals surface area (Å²) >= 11 is 5.89. The lowest BCUT2D eigenvalue weighted by Gasteiger charge is -2.21. The smallest absolute Gasteiger partial charge is 0.239 e. The molecule has 1 unspecified atom stereocenters. The van der Waals surface area contributed by atoms with Crippen molar-refractivity contribution in [2.24, 2.45) is 5.73 Å². The molecule has 5 nitrogen and oxygen atoms in total. The molecule has 1 atom stereocenters. The van der Waals surface area contributed by atoms with Crippen molar-refractivity contribution in [2.45, 2.75) is 19.0 Å². The number of rotatable bonds is 6. The van der Waals surface area contributed by atoms with E-state index in [0.717, 1.165) is 6.26 Å². The molecule has 2 N–H and O–H groups in total. The van der Waals surface area contributed by atoms with Gasteiger partial charge in [0.1, 0.15) is 15.7 Å². The number of likely N-dealkylation sites (N-methyl/N-ethyl adjacent to an activating group) is 1. The van der Waals surface area contributed by atoms with Crippen LogP contribution >= 0.6 is 24.0 Å². The zero-order valence-electron chi connectivity index (χ0n) is 12.3. The van der Waals surface area contributed by atoms with Gasteiger partial charge < -0.3 is 10.6 Å². The first kappa shape index (κ1) is 21.1. The van der Waals surface area contributed by atoms with Gasteiger partial charge in [0.05, 0.1) is 11.8 Å². The highest BCUT2D eigenvalue weighted by atomic mass is 35.5. The Kier molecular flexibility index (Phi) is 8.32. The molecule has 22 heavy (non-hydrogen) atoms. The van der Waals surface area contributed by atoms with E-state index >= 15 is 0 Å². The van der Waals surface area contributed by atoms with Crippen LogP contribution < -0.4 is 5.73 Å². The average Bonchev–Trinajstić information content (AvgIpc) is 2.37. The van der Waals surface area contributed by atoms with Crippen LogP contribution in [0.3, 0.4) is 0 Å². The van der Waals surface area contributed by atoms with Gasteiger partial charge in [-0.2, -0.15) is 0 Å².